The molecule has 0 atom stereocenters. The zero-order chi connectivity index (χ0) is 13.5. The Morgan fingerprint density at radius 2 is 2.26 bits per heavy atom. The Morgan fingerprint density at radius 3 is 3.00 bits per heavy atom. The minimum atomic E-state index is 0.0893. The second-order valence-electron chi connectivity index (χ2n) is 5.10. The maximum absolute atomic E-state index is 11.7. The molecule has 1 aliphatic heterocycles. The van der Waals surface area contributed by atoms with Gasteiger partial charge in [0.15, 0.2) is 0 Å². The van der Waals surface area contributed by atoms with Crippen molar-refractivity contribution in [1.82, 2.24) is 15.2 Å². The van der Waals surface area contributed by atoms with Gasteiger partial charge >= 0.3 is 0 Å². The van der Waals surface area contributed by atoms with Crippen molar-refractivity contribution in [3.63, 3.8) is 0 Å². The molecule has 1 saturated heterocycles. The highest BCUT2D eigenvalue weighted by Gasteiger charge is 2.14. The largest absolute Gasteiger partial charge is 0.356 e. The fourth-order valence-corrected chi connectivity index (χ4v) is 3.10. The molecular weight excluding hydrogens is 258 g/mol. The van der Waals surface area contributed by atoms with Gasteiger partial charge in [-0.2, -0.15) is 0 Å². The summed E-state index contributed by atoms with van der Waals surface area (Å²) in [4.78, 5) is 18.7. The molecule has 4 nitrogen and oxygen atoms in total. The van der Waals surface area contributed by atoms with E-state index in [0.717, 1.165) is 36.6 Å². The third-order valence-electron chi connectivity index (χ3n) is 3.35. The summed E-state index contributed by atoms with van der Waals surface area (Å²) in [6.07, 6.45) is 5.18. The lowest BCUT2D eigenvalue weighted by molar-refractivity contribution is -0.120. The summed E-state index contributed by atoms with van der Waals surface area (Å²) in [7, 11) is 0. The highest BCUT2D eigenvalue weighted by Crippen LogP contribution is 2.16. The van der Waals surface area contributed by atoms with E-state index in [9.17, 15) is 4.79 Å². The molecule has 2 heterocycles. The Hall–Kier alpha value is -0.940. The van der Waals surface area contributed by atoms with Gasteiger partial charge in [0, 0.05) is 11.9 Å². The van der Waals surface area contributed by atoms with E-state index in [-0.39, 0.29) is 5.91 Å². The van der Waals surface area contributed by atoms with Crippen LogP contribution < -0.4 is 5.32 Å². The Balaban J connectivity index is 1.75. The SMILES string of the molecule is CCCCNC(=O)Cc1csc(CN2CCCC2)n1. The molecule has 0 unspecified atom stereocenters. The number of nitrogens with zero attached hydrogens (tertiary/aromatic N) is 2. The van der Waals surface area contributed by atoms with E-state index in [1.54, 1.807) is 11.3 Å². The summed E-state index contributed by atoms with van der Waals surface area (Å²) in [5.41, 5.74) is 0.910. The van der Waals surface area contributed by atoms with E-state index in [1.165, 1.54) is 25.9 Å². The Morgan fingerprint density at radius 1 is 1.47 bits per heavy atom. The molecule has 19 heavy (non-hydrogen) atoms. The number of aromatic nitrogens is 1. The maximum Gasteiger partial charge on any atom is 0.226 e. The smallest absolute Gasteiger partial charge is 0.226 e. The first-order chi connectivity index (χ1) is 9.28. The van der Waals surface area contributed by atoms with Crippen LogP contribution in [0, 0.1) is 0 Å². The van der Waals surface area contributed by atoms with Crippen LogP contribution in [0.5, 0.6) is 0 Å². The van der Waals surface area contributed by atoms with Crippen molar-refractivity contribution in [1.29, 1.82) is 0 Å². The highest BCUT2D eigenvalue weighted by atomic mass is 32.1. The van der Waals surface area contributed by atoms with Crippen molar-refractivity contribution < 1.29 is 4.79 Å². The monoisotopic (exact) mass is 281 g/mol. The molecule has 0 aromatic carbocycles. The van der Waals surface area contributed by atoms with Crippen molar-refractivity contribution >= 4 is 17.2 Å². The Kier molecular flexibility index (Phi) is 5.79. The lowest BCUT2D eigenvalue weighted by atomic mass is 10.3. The number of thiazole rings is 1. The molecule has 1 N–H and O–H groups in total. The standard InChI is InChI=1S/C14H23N3OS/c1-2-3-6-15-13(18)9-12-11-19-14(16-12)10-17-7-4-5-8-17/h11H,2-10H2,1H3,(H,15,18). The Bertz CT molecular complexity index is 399. The lowest BCUT2D eigenvalue weighted by Gasteiger charge is -2.11. The van der Waals surface area contributed by atoms with E-state index in [4.69, 9.17) is 0 Å². The van der Waals surface area contributed by atoms with Crippen LogP contribution in [0.1, 0.15) is 43.3 Å². The molecule has 1 amide bonds. The number of likely N-dealkylation sites (tertiary alicyclic amines) is 1. The number of hydrogen-bond acceptors (Lipinski definition) is 4. The highest BCUT2D eigenvalue weighted by molar-refractivity contribution is 7.09. The van der Waals surface area contributed by atoms with Crippen LogP contribution in [0.4, 0.5) is 0 Å². The van der Waals surface area contributed by atoms with Crippen molar-refractivity contribution in [3.05, 3.63) is 16.1 Å². The molecule has 2 rings (SSSR count). The molecular formula is C14H23N3OS. The number of nitrogens with one attached hydrogen (secondary N) is 1. The minimum Gasteiger partial charge on any atom is -0.356 e. The summed E-state index contributed by atoms with van der Waals surface area (Å²) in [6.45, 7) is 6.22. The first-order valence-corrected chi connectivity index (χ1v) is 8.08. The molecule has 0 bridgehead atoms. The number of rotatable bonds is 7. The molecule has 0 radical (unpaired) electrons. The maximum atomic E-state index is 11.7. The number of carbonyl (C=O) groups is 1. The molecule has 0 saturated carbocycles. The first-order valence-electron chi connectivity index (χ1n) is 7.20. The summed E-state index contributed by atoms with van der Waals surface area (Å²) >= 11 is 1.67. The van der Waals surface area contributed by atoms with Crippen LogP contribution in [0.25, 0.3) is 0 Å². The van der Waals surface area contributed by atoms with Gasteiger partial charge in [0.25, 0.3) is 0 Å². The predicted octanol–water partition coefficient (Wildman–Crippen LogP) is 2.20. The second-order valence-corrected chi connectivity index (χ2v) is 6.04. The van der Waals surface area contributed by atoms with E-state index < -0.39 is 0 Å². The summed E-state index contributed by atoms with van der Waals surface area (Å²) in [5, 5.41) is 6.09. The van der Waals surface area contributed by atoms with Crippen molar-refractivity contribution in [3.8, 4) is 0 Å². The third-order valence-corrected chi connectivity index (χ3v) is 4.23. The molecule has 1 aromatic rings. The molecule has 0 spiro atoms. The van der Waals surface area contributed by atoms with Crippen LogP contribution in [-0.4, -0.2) is 35.4 Å². The average Bonchev–Trinajstić information content (AvgIpc) is 3.02. The molecule has 1 aromatic heterocycles. The Labute approximate surface area is 119 Å². The van der Waals surface area contributed by atoms with Gasteiger partial charge in [0.1, 0.15) is 5.01 Å². The summed E-state index contributed by atoms with van der Waals surface area (Å²) in [6, 6.07) is 0. The average molecular weight is 281 g/mol. The third kappa shape index (κ3) is 4.91. The molecule has 1 fully saturated rings. The van der Waals surface area contributed by atoms with Crippen LogP contribution in [0.3, 0.4) is 0 Å². The number of amides is 1. The molecule has 106 valence electrons. The van der Waals surface area contributed by atoms with E-state index in [1.807, 2.05) is 5.38 Å². The van der Waals surface area contributed by atoms with E-state index in [2.05, 4.69) is 22.1 Å². The summed E-state index contributed by atoms with van der Waals surface area (Å²) < 4.78 is 0. The minimum absolute atomic E-state index is 0.0893. The fourth-order valence-electron chi connectivity index (χ4n) is 2.27. The fraction of sp³-hybridized carbons (Fsp3) is 0.714. The predicted molar refractivity (Wildman–Crippen MR) is 78.2 cm³/mol. The lowest BCUT2D eigenvalue weighted by Crippen LogP contribution is -2.26. The normalized spacial score (nSPS) is 15.8. The first kappa shape index (κ1) is 14.5. The van der Waals surface area contributed by atoms with E-state index in [0.29, 0.717) is 6.42 Å². The van der Waals surface area contributed by atoms with Gasteiger partial charge in [0.05, 0.1) is 18.7 Å². The van der Waals surface area contributed by atoms with Crippen LogP contribution in [-0.2, 0) is 17.8 Å². The zero-order valence-corrected chi connectivity index (χ0v) is 12.5. The van der Waals surface area contributed by atoms with Crippen LogP contribution in [0.15, 0.2) is 5.38 Å². The van der Waals surface area contributed by atoms with Gasteiger partial charge in [0.2, 0.25) is 5.91 Å². The van der Waals surface area contributed by atoms with Crippen LogP contribution >= 0.6 is 11.3 Å². The number of hydrogen-bond donors (Lipinski definition) is 1. The number of carbonyl (C=O) groups excluding carboxylic acids is 1. The number of unbranched alkanes of at least 4 members (excludes halogenated alkanes) is 1. The van der Waals surface area contributed by atoms with Gasteiger partial charge in [-0.3, -0.25) is 9.69 Å². The van der Waals surface area contributed by atoms with Gasteiger partial charge < -0.3 is 5.32 Å². The van der Waals surface area contributed by atoms with Crippen molar-refractivity contribution in [2.45, 2.75) is 45.6 Å². The van der Waals surface area contributed by atoms with E-state index >= 15 is 0 Å². The quantitative estimate of drug-likeness (QED) is 0.779. The van der Waals surface area contributed by atoms with Gasteiger partial charge in [-0.1, -0.05) is 13.3 Å². The molecule has 5 heteroatoms. The second kappa shape index (κ2) is 7.60. The van der Waals surface area contributed by atoms with Gasteiger partial charge in [-0.05, 0) is 32.4 Å². The van der Waals surface area contributed by atoms with Gasteiger partial charge in [-0.25, -0.2) is 4.98 Å². The van der Waals surface area contributed by atoms with Crippen LogP contribution in [0.2, 0.25) is 0 Å². The molecule has 1 aliphatic rings. The zero-order valence-electron chi connectivity index (χ0n) is 11.7. The van der Waals surface area contributed by atoms with Crippen molar-refractivity contribution in [2.75, 3.05) is 19.6 Å². The topological polar surface area (TPSA) is 45.2 Å². The van der Waals surface area contributed by atoms with Gasteiger partial charge in [-0.15, -0.1) is 11.3 Å². The summed E-state index contributed by atoms with van der Waals surface area (Å²) in [5.74, 6) is 0.0893. The van der Waals surface area contributed by atoms with Crippen molar-refractivity contribution in [2.24, 2.45) is 0 Å². The molecule has 0 aliphatic carbocycles.